The van der Waals surface area contributed by atoms with Crippen LogP contribution in [0, 0.1) is 0 Å². The van der Waals surface area contributed by atoms with Crippen LogP contribution >= 0.6 is 0 Å². The van der Waals surface area contributed by atoms with Crippen LogP contribution in [0.15, 0.2) is 35.5 Å². The summed E-state index contributed by atoms with van der Waals surface area (Å²) in [5.41, 5.74) is 1.15. The van der Waals surface area contributed by atoms with Crippen molar-refractivity contribution in [3.63, 3.8) is 0 Å². The topological polar surface area (TPSA) is 111 Å². The van der Waals surface area contributed by atoms with Crippen molar-refractivity contribution in [2.24, 2.45) is 0 Å². The van der Waals surface area contributed by atoms with Gasteiger partial charge in [0.05, 0.1) is 36.9 Å². The van der Waals surface area contributed by atoms with E-state index in [0.717, 1.165) is 43.5 Å². The molecule has 0 spiro atoms. The van der Waals surface area contributed by atoms with Gasteiger partial charge in [-0.2, -0.15) is 0 Å². The fourth-order valence-electron chi connectivity index (χ4n) is 4.42. The third-order valence-electron chi connectivity index (χ3n) is 5.84. The molecule has 168 valence electrons. The van der Waals surface area contributed by atoms with Crippen LogP contribution in [0.3, 0.4) is 0 Å². The monoisotopic (exact) mass is 436 g/mol. The molecule has 0 aliphatic carbocycles. The number of rotatable bonds is 4. The van der Waals surface area contributed by atoms with Crippen molar-refractivity contribution in [1.29, 1.82) is 0 Å². The number of pyridine rings is 2. The lowest BCUT2D eigenvalue weighted by Gasteiger charge is -2.37. The smallest absolute Gasteiger partial charge is 0.262 e. The highest BCUT2D eigenvalue weighted by molar-refractivity contribution is 5.92. The molecule has 5 heterocycles. The summed E-state index contributed by atoms with van der Waals surface area (Å²) in [6.07, 6.45) is 3.20. The molecule has 2 aliphatic heterocycles. The molecule has 10 nitrogen and oxygen atoms in total. The Balaban J connectivity index is 1.47. The third-order valence-corrected chi connectivity index (χ3v) is 5.84. The van der Waals surface area contributed by atoms with E-state index in [9.17, 15) is 4.79 Å². The number of morpholine rings is 1. The van der Waals surface area contributed by atoms with Crippen LogP contribution in [-0.4, -0.2) is 71.4 Å². The van der Waals surface area contributed by atoms with Crippen LogP contribution in [-0.2, 0) is 4.74 Å². The van der Waals surface area contributed by atoms with Gasteiger partial charge in [0.15, 0.2) is 0 Å². The van der Waals surface area contributed by atoms with E-state index in [4.69, 9.17) is 9.72 Å². The summed E-state index contributed by atoms with van der Waals surface area (Å²) < 4.78 is 5.41. The molecule has 3 aromatic rings. The van der Waals surface area contributed by atoms with Gasteiger partial charge in [-0.15, -0.1) is 0 Å². The second kappa shape index (κ2) is 8.71. The largest absolute Gasteiger partial charge is 0.378 e. The van der Waals surface area contributed by atoms with E-state index in [1.54, 1.807) is 6.20 Å². The molecule has 0 bridgehead atoms. The van der Waals surface area contributed by atoms with Crippen molar-refractivity contribution in [3.8, 4) is 0 Å². The Hall–Kier alpha value is -3.24. The van der Waals surface area contributed by atoms with E-state index in [1.165, 1.54) is 6.33 Å². The zero-order chi connectivity index (χ0) is 22.1. The maximum absolute atomic E-state index is 12.6. The van der Waals surface area contributed by atoms with E-state index in [2.05, 4.69) is 49.2 Å². The van der Waals surface area contributed by atoms with E-state index in [0.29, 0.717) is 42.0 Å². The normalized spacial score (nSPS) is 21.7. The average molecular weight is 437 g/mol. The lowest BCUT2D eigenvalue weighted by atomic mass is 10.1. The highest BCUT2D eigenvalue weighted by atomic mass is 16.5. The first-order valence-corrected chi connectivity index (χ1v) is 11.0. The quantitative estimate of drug-likeness (QED) is 0.560. The molecule has 3 aromatic heterocycles. The summed E-state index contributed by atoms with van der Waals surface area (Å²) in [5.74, 6) is 2.19. The first kappa shape index (κ1) is 20.7. The van der Waals surface area contributed by atoms with Gasteiger partial charge in [0.25, 0.3) is 5.56 Å². The number of fused-ring (bicyclic) bond motifs is 1. The van der Waals surface area contributed by atoms with Crippen LogP contribution < -0.4 is 26.0 Å². The summed E-state index contributed by atoms with van der Waals surface area (Å²) in [6, 6.07) is 6.51. The van der Waals surface area contributed by atoms with E-state index in [1.807, 2.05) is 18.2 Å². The summed E-state index contributed by atoms with van der Waals surface area (Å²) in [7, 11) is 0. The van der Waals surface area contributed by atoms with Gasteiger partial charge in [-0.05, 0) is 26.0 Å². The fraction of sp³-hybridized carbons (Fsp3) is 0.455. The lowest BCUT2D eigenvalue weighted by molar-refractivity contribution is 0.122. The van der Waals surface area contributed by atoms with Crippen LogP contribution in [0.1, 0.15) is 13.8 Å². The molecule has 10 heteroatoms. The average Bonchev–Trinajstić information content (AvgIpc) is 2.79. The summed E-state index contributed by atoms with van der Waals surface area (Å²) in [5, 5.41) is 7.27. The molecular weight excluding hydrogens is 408 g/mol. The number of ether oxygens (including phenoxy) is 1. The molecule has 5 rings (SSSR count). The van der Waals surface area contributed by atoms with Crippen molar-refractivity contribution in [2.75, 3.05) is 54.5 Å². The van der Waals surface area contributed by atoms with Gasteiger partial charge in [-0.1, -0.05) is 0 Å². The van der Waals surface area contributed by atoms with Crippen molar-refractivity contribution >= 4 is 34.0 Å². The number of hydrogen-bond donors (Lipinski definition) is 3. The highest BCUT2D eigenvalue weighted by Crippen LogP contribution is 2.27. The molecule has 2 saturated heterocycles. The van der Waals surface area contributed by atoms with Gasteiger partial charge < -0.3 is 30.2 Å². The molecule has 0 radical (unpaired) electrons. The molecule has 0 aromatic carbocycles. The second-order valence-electron chi connectivity index (χ2n) is 8.46. The minimum Gasteiger partial charge on any atom is -0.378 e. The molecule has 2 fully saturated rings. The predicted molar refractivity (Wildman–Crippen MR) is 125 cm³/mol. The predicted octanol–water partition coefficient (Wildman–Crippen LogP) is 1.48. The molecule has 2 aliphatic rings. The zero-order valence-corrected chi connectivity index (χ0v) is 18.3. The van der Waals surface area contributed by atoms with E-state index in [-0.39, 0.29) is 5.56 Å². The number of H-pyrrole nitrogens is 1. The Kier molecular flexibility index (Phi) is 5.62. The molecule has 2 atom stereocenters. The molecule has 0 amide bonds. The number of piperazine rings is 1. The fourth-order valence-corrected chi connectivity index (χ4v) is 4.42. The van der Waals surface area contributed by atoms with Crippen LogP contribution in [0.25, 0.3) is 10.9 Å². The number of nitrogens with one attached hydrogen (secondary N) is 3. The van der Waals surface area contributed by atoms with Crippen molar-refractivity contribution < 1.29 is 4.74 Å². The summed E-state index contributed by atoms with van der Waals surface area (Å²) in [4.78, 5) is 33.5. The van der Waals surface area contributed by atoms with Gasteiger partial charge in [0, 0.05) is 44.3 Å². The number of anilines is 4. The van der Waals surface area contributed by atoms with Gasteiger partial charge in [-0.25, -0.2) is 15.0 Å². The molecule has 0 saturated carbocycles. The van der Waals surface area contributed by atoms with Crippen molar-refractivity contribution in [1.82, 2.24) is 25.3 Å². The van der Waals surface area contributed by atoms with Gasteiger partial charge in [0.2, 0.25) is 0 Å². The van der Waals surface area contributed by atoms with Crippen molar-refractivity contribution in [2.45, 2.75) is 25.9 Å². The van der Waals surface area contributed by atoms with Gasteiger partial charge in [0.1, 0.15) is 22.8 Å². The Labute approximate surface area is 186 Å². The lowest BCUT2D eigenvalue weighted by Crippen LogP contribution is -2.54. The van der Waals surface area contributed by atoms with E-state index >= 15 is 0 Å². The molecule has 3 N–H and O–H groups in total. The molecule has 0 unspecified atom stereocenters. The molecule has 32 heavy (non-hydrogen) atoms. The number of hydrogen-bond acceptors (Lipinski definition) is 9. The standard InChI is InChI=1S/C22H28N8O2/c1-14-11-30(12-15(2)26-14)19-9-17-20(22(31)25-13-24-17)21(28-19)27-16-3-4-18(23-10-16)29-5-7-32-8-6-29/h3-4,9-10,13-15,26H,5-8,11-12H2,1-2H3,(H,27,28)(H,24,25,31)/t14-,15+. The highest BCUT2D eigenvalue weighted by Gasteiger charge is 2.23. The number of aromatic nitrogens is 4. The van der Waals surface area contributed by atoms with Crippen LogP contribution in [0.5, 0.6) is 0 Å². The van der Waals surface area contributed by atoms with E-state index < -0.39 is 0 Å². The Morgan fingerprint density at radius 1 is 1.06 bits per heavy atom. The third kappa shape index (κ3) is 4.23. The second-order valence-corrected chi connectivity index (χ2v) is 8.46. The van der Waals surface area contributed by atoms with Crippen LogP contribution in [0.4, 0.5) is 23.1 Å². The Morgan fingerprint density at radius 3 is 2.56 bits per heavy atom. The summed E-state index contributed by atoms with van der Waals surface area (Å²) in [6.45, 7) is 9.07. The summed E-state index contributed by atoms with van der Waals surface area (Å²) >= 11 is 0. The first-order chi connectivity index (χ1) is 15.6. The maximum Gasteiger partial charge on any atom is 0.262 e. The van der Waals surface area contributed by atoms with Crippen LogP contribution in [0.2, 0.25) is 0 Å². The Bertz CT molecular complexity index is 1130. The molecular formula is C22H28N8O2. The number of aromatic amines is 1. The minimum absolute atomic E-state index is 0.225. The maximum atomic E-state index is 12.6. The minimum atomic E-state index is -0.225. The first-order valence-electron chi connectivity index (χ1n) is 11.0. The number of nitrogens with zero attached hydrogens (tertiary/aromatic N) is 5. The SMILES string of the molecule is C[C@@H]1CN(c2cc3nc[nH]c(=O)c3c(Nc3ccc(N4CCOCC4)nc3)n2)C[C@H](C)N1. The van der Waals surface area contributed by atoms with Crippen molar-refractivity contribution in [3.05, 3.63) is 41.1 Å². The van der Waals surface area contributed by atoms with Gasteiger partial charge in [-0.3, -0.25) is 4.79 Å². The zero-order valence-electron chi connectivity index (χ0n) is 18.3. The van der Waals surface area contributed by atoms with Gasteiger partial charge >= 0.3 is 0 Å². The Morgan fingerprint density at radius 2 is 1.84 bits per heavy atom.